The smallest absolute Gasteiger partial charge is 0.0593 e. The first-order valence-corrected chi connectivity index (χ1v) is 5.53. The van der Waals surface area contributed by atoms with Gasteiger partial charge in [0, 0.05) is 12.5 Å². The van der Waals surface area contributed by atoms with Gasteiger partial charge in [-0.15, -0.1) is 0 Å². The molecule has 2 unspecified atom stereocenters. The van der Waals surface area contributed by atoms with E-state index < -0.39 is 0 Å². The Hall–Kier alpha value is -0.0800. The van der Waals surface area contributed by atoms with Crippen LogP contribution in [0.15, 0.2) is 0 Å². The van der Waals surface area contributed by atoms with Crippen LogP contribution in [-0.2, 0) is 4.74 Å². The van der Waals surface area contributed by atoms with Crippen molar-refractivity contribution in [2.24, 2.45) is 11.8 Å². The van der Waals surface area contributed by atoms with Gasteiger partial charge in [0.1, 0.15) is 0 Å². The minimum atomic E-state index is -0.132. The van der Waals surface area contributed by atoms with Gasteiger partial charge in [-0.2, -0.15) is 0 Å². The quantitative estimate of drug-likeness (QED) is 0.713. The molecule has 0 aromatic carbocycles. The number of aliphatic hydroxyl groups is 1. The van der Waals surface area contributed by atoms with Crippen LogP contribution in [0.5, 0.6) is 0 Å². The molecule has 2 atom stereocenters. The van der Waals surface area contributed by atoms with E-state index in [1.807, 2.05) is 0 Å². The standard InChI is InChI=1S/C11H22O2/c1-3-9(4-2)7-11(12)10-5-6-13-8-10/h9-12H,3-8H2,1-2H3. The molecule has 0 aromatic rings. The lowest BCUT2D eigenvalue weighted by molar-refractivity contribution is 0.0694. The highest BCUT2D eigenvalue weighted by Crippen LogP contribution is 2.24. The summed E-state index contributed by atoms with van der Waals surface area (Å²) in [5, 5.41) is 9.90. The van der Waals surface area contributed by atoms with Crippen LogP contribution in [-0.4, -0.2) is 24.4 Å². The number of hydrogen-bond donors (Lipinski definition) is 1. The maximum absolute atomic E-state index is 9.90. The van der Waals surface area contributed by atoms with E-state index >= 15 is 0 Å². The zero-order valence-electron chi connectivity index (χ0n) is 8.83. The van der Waals surface area contributed by atoms with Crippen LogP contribution in [0.2, 0.25) is 0 Å². The molecule has 0 amide bonds. The molecule has 0 radical (unpaired) electrons. The number of aliphatic hydroxyl groups excluding tert-OH is 1. The Kier molecular flexibility index (Phi) is 4.74. The zero-order chi connectivity index (χ0) is 9.68. The predicted molar refractivity (Wildman–Crippen MR) is 53.6 cm³/mol. The summed E-state index contributed by atoms with van der Waals surface area (Å²) in [4.78, 5) is 0. The summed E-state index contributed by atoms with van der Waals surface area (Å²) >= 11 is 0. The second kappa shape index (κ2) is 5.61. The summed E-state index contributed by atoms with van der Waals surface area (Å²) in [7, 11) is 0. The number of hydrogen-bond acceptors (Lipinski definition) is 2. The molecule has 0 aromatic heterocycles. The minimum Gasteiger partial charge on any atom is -0.393 e. The molecule has 0 bridgehead atoms. The molecule has 1 heterocycles. The Bertz CT molecular complexity index is 126. The molecule has 1 aliphatic heterocycles. The summed E-state index contributed by atoms with van der Waals surface area (Å²) in [6, 6.07) is 0. The van der Waals surface area contributed by atoms with E-state index in [9.17, 15) is 5.11 Å². The Morgan fingerprint density at radius 1 is 1.38 bits per heavy atom. The van der Waals surface area contributed by atoms with Gasteiger partial charge < -0.3 is 9.84 Å². The maximum atomic E-state index is 9.90. The Balaban J connectivity index is 2.25. The number of ether oxygens (including phenoxy) is 1. The van der Waals surface area contributed by atoms with E-state index in [4.69, 9.17) is 4.74 Å². The lowest BCUT2D eigenvalue weighted by atomic mass is 9.89. The third-order valence-electron chi connectivity index (χ3n) is 3.24. The topological polar surface area (TPSA) is 29.5 Å². The second-order valence-electron chi connectivity index (χ2n) is 4.11. The highest BCUT2D eigenvalue weighted by Gasteiger charge is 2.25. The maximum Gasteiger partial charge on any atom is 0.0593 e. The van der Waals surface area contributed by atoms with Gasteiger partial charge >= 0.3 is 0 Å². The molecule has 13 heavy (non-hydrogen) atoms. The lowest BCUT2D eigenvalue weighted by Crippen LogP contribution is -2.23. The first-order chi connectivity index (χ1) is 6.27. The van der Waals surface area contributed by atoms with Crippen molar-refractivity contribution >= 4 is 0 Å². The molecule has 0 spiro atoms. The van der Waals surface area contributed by atoms with Crippen LogP contribution in [0.3, 0.4) is 0 Å². The SMILES string of the molecule is CCC(CC)CC(O)C1CCOC1. The summed E-state index contributed by atoms with van der Waals surface area (Å²) < 4.78 is 5.27. The van der Waals surface area contributed by atoms with E-state index in [1.165, 1.54) is 12.8 Å². The predicted octanol–water partition coefficient (Wildman–Crippen LogP) is 2.21. The summed E-state index contributed by atoms with van der Waals surface area (Å²) in [5.74, 6) is 1.09. The molecule has 0 aliphatic carbocycles. The molecule has 78 valence electrons. The van der Waals surface area contributed by atoms with Gasteiger partial charge in [0.25, 0.3) is 0 Å². The average molecular weight is 186 g/mol. The lowest BCUT2D eigenvalue weighted by Gasteiger charge is -2.21. The first-order valence-electron chi connectivity index (χ1n) is 5.53. The van der Waals surface area contributed by atoms with Crippen molar-refractivity contribution in [2.45, 2.75) is 45.6 Å². The van der Waals surface area contributed by atoms with Gasteiger partial charge in [-0.25, -0.2) is 0 Å². The third kappa shape index (κ3) is 3.28. The van der Waals surface area contributed by atoms with Crippen molar-refractivity contribution < 1.29 is 9.84 Å². The van der Waals surface area contributed by atoms with Gasteiger partial charge in [-0.05, 0) is 18.8 Å². The van der Waals surface area contributed by atoms with Crippen molar-refractivity contribution in [3.8, 4) is 0 Å². The van der Waals surface area contributed by atoms with Crippen LogP contribution in [0.25, 0.3) is 0 Å². The zero-order valence-corrected chi connectivity index (χ0v) is 8.83. The fraction of sp³-hybridized carbons (Fsp3) is 1.00. The van der Waals surface area contributed by atoms with E-state index in [1.54, 1.807) is 0 Å². The van der Waals surface area contributed by atoms with Crippen molar-refractivity contribution in [1.82, 2.24) is 0 Å². The molecule has 1 rings (SSSR count). The van der Waals surface area contributed by atoms with Gasteiger partial charge in [0.05, 0.1) is 12.7 Å². The van der Waals surface area contributed by atoms with Crippen LogP contribution in [0.1, 0.15) is 39.5 Å². The summed E-state index contributed by atoms with van der Waals surface area (Å²) in [6.07, 6.45) is 4.23. The second-order valence-corrected chi connectivity index (χ2v) is 4.11. The molecule has 2 nitrogen and oxygen atoms in total. The molecular weight excluding hydrogens is 164 g/mol. The molecule has 1 N–H and O–H groups in total. The summed E-state index contributed by atoms with van der Waals surface area (Å²) in [6.45, 7) is 6.00. The molecule has 2 heteroatoms. The highest BCUT2D eigenvalue weighted by atomic mass is 16.5. The highest BCUT2D eigenvalue weighted by molar-refractivity contribution is 4.74. The van der Waals surface area contributed by atoms with Crippen molar-refractivity contribution in [3.05, 3.63) is 0 Å². The minimum absolute atomic E-state index is 0.132. The molecular formula is C11H22O2. The van der Waals surface area contributed by atoms with Crippen molar-refractivity contribution in [1.29, 1.82) is 0 Å². The summed E-state index contributed by atoms with van der Waals surface area (Å²) in [5.41, 5.74) is 0. The number of rotatable bonds is 5. The third-order valence-corrected chi connectivity index (χ3v) is 3.24. The van der Waals surface area contributed by atoms with E-state index in [0.29, 0.717) is 11.8 Å². The first kappa shape index (κ1) is 11.0. The average Bonchev–Trinajstić information content (AvgIpc) is 2.66. The van der Waals surface area contributed by atoms with Crippen LogP contribution in [0.4, 0.5) is 0 Å². The van der Waals surface area contributed by atoms with Crippen molar-refractivity contribution in [3.63, 3.8) is 0 Å². The fourth-order valence-corrected chi connectivity index (χ4v) is 2.01. The normalized spacial score (nSPS) is 25.4. The van der Waals surface area contributed by atoms with Gasteiger partial charge in [0.2, 0.25) is 0 Å². The van der Waals surface area contributed by atoms with Crippen LogP contribution >= 0.6 is 0 Å². The van der Waals surface area contributed by atoms with Gasteiger partial charge in [0.15, 0.2) is 0 Å². The van der Waals surface area contributed by atoms with E-state index in [2.05, 4.69) is 13.8 Å². The Morgan fingerprint density at radius 3 is 2.54 bits per heavy atom. The molecule has 1 aliphatic rings. The van der Waals surface area contributed by atoms with Crippen LogP contribution < -0.4 is 0 Å². The molecule has 0 saturated carbocycles. The fourth-order valence-electron chi connectivity index (χ4n) is 2.01. The van der Waals surface area contributed by atoms with E-state index in [0.717, 1.165) is 26.1 Å². The monoisotopic (exact) mass is 186 g/mol. The van der Waals surface area contributed by atoms with E-state index in [-0.39, 0.29) is 6.10 Å². The largest absolute Gasteiger partial charge is 0.393 e. The Labute approximate surface area is 81.3 Å². The molecule has 1 saturated heterocycles. The van der Waals surface area contributed by atoms with Crippen LogP contribution in [0, 0.1) is 11.8 Å². The van der Waals surface area contributed by atoms with Gasteiger partial charge in [-0.1, -0.05) is 26.7 Å². The van der Waals surface area contributed by atoms with Crippen molar-refractivity contribution in [2.75, 3.05) is 13.2 Å². The van der Waals surface area contributed by atoms with Gasteiger partial charge in [-0.3, -0.25) is 0 Å². The Morgan fingerprint density at radius 2 is 2.08 bits per heavy atom. The molecule has 1 fully saturated rings.